The fraction of sp³-hybridized carbons (Fsp3) is 0.533. The zero-order valence-electron chi connectivity index (χ0n) is 12.2. The number of amides is 1. The van der Waals surface area contributed by atoms with Crippen molar-refractivity contribution >= 4 is 29.9 Å². The maximum Gasteiger partial charge on any atom is 0.233 e. The molecule has 0 spiro atoms. The van der Waals surface area contributed by atoms with Gasteiger partial charge in [-0.3, -0.25) is 4.79 Å². The highest BCUT2D eigenvalue weighted by molar-refractivity contribution is 6.31. The van der Waals surface area contributed by atoms with E-state index in [0.29, 0.717) is 26.3 Å². The van der Waals surface area contributed by atoms with E-state index in [2.05, 4.69) is 16.7 Å². The van der Waals surface area contributed by atoms with E-state index in [-0.39, 0.29) is 23.7 Å². The van der Waals surface area contributed by atoms with Crippen LogP contribution in [-0.2, 0) is 14.9 Å². The lowest BCUT2D eigenvalue weighted by atomic mass is 9.74. The monoisotopic (exact) mass is 332 g/mol. The summed E-state index contributed by atoms with van der Waals surface area (Å²) in [6.07, 6.45) is 1.74. The molecule has 4 nitrogen and oxygen atoms in total. The highest BCUT2D eigenvalue weighted by atomic mass is 35.5. The van der Waals surface area contributed by atoms with Gasteiger partial charge in [0.15, 0.2) is 0 Å². The average Bonchev–Trinajstić information content (AvgIpc) is 2.47. The van der Waals surface area contributed by atoms with Gasteiger partial charge in [-0.15, -0.1) is 12.4 Å². The summed E-state index contributed by atoms with van der Waals surface area (Å²) in [5.41, 5.74) is 0.981. The first-order valence-electron chi connectivity index (χ1n) is 6.92. The van der Waals surface area contributed by atoms with Crippen molar-refractivity contribution < 1.29 is 9.53 Å². The van der Waals surface area contributed by atoms with Crippen molar-refractivity contribution in [1.82, 2.24) is 10.6 Å². The highest BCUT2D eigenvalue weighted by Gasteiger charge is 2.36. The molecule has 0 aromatic heterocycles. The minimum Gasteiger partial charge on any atom is -0.381 e. The van der Waals surface area contributed by atoms with Crippen LogP contribution in [0.15, 0.2) is 24.3 Å². The van der Waals surface area contributed by atoms with Crippen LogP contribution in [0.2, 0.25) is 5.02 Å². The van der Waals surface area contributed by atoms with Crippen LogP contribution < -0.4 is 10.6 Å². The number of hydrogen-bond donors (Lipinski definition) is 2. The van der Waals surface area contributed by atoms with Gasteiger partial charge in [-0.05, 0) is 31.5 Å². The van der Waals surface area contributed by atoms with Gasteiger partial charge in [-0.1, -0.05) is 29.8 Å². The lowest BCUT2D eigenvalue weighted by molar-refractivity contribution is -0.120. The third-order valence-electron chi connectivity index (χ3n) is 3.86. The minimum absolute atomic E-state index is 0. The molecule has 1 aliphatic rings. The van der Waals surface area contributed by atoms with E-state index in [1.807, 2.05) is 18.2 Å². The molecule has 0 bridgehead atoms. The Bertz CT molecular complexity index is 463. The fourth-order valence-electron chi connectivity index (χ4n) is 2.69. The van der Waals surface area contributed by atoms with Gasteiger partial charge in [0.1, 0.15) is 0 Å². The van der Waals surface area contributed by atoms with E-state index in [9.17, 15) is 4.79 Å². The summed E-state index contributed by atoms with van der Waals surface area (Å²) < 4.78 is 5.47. The van der Waals surface area contributed by atoms with Crippen molar-refractivity contribution in [2.24, 2.45) is 0 Å². The van der Waals surface area contributed by atoms with E-state index in [1.54, 1.807) is 7.05 Å². The van der Waals surface area contributed by atoms with E-state index >= 15 is 0 Å². The number of benzene rings is 1. The van der Waals surface area contributed by atoms with Crippen molar-refractivity contribution in [1.29, 1.82) is 0 Å². The van der Waals surface area contributed by atoms with Gasteiger partial charge in [-0.2, -0.15) is 0 Å². The number of ether oxygens (including phenoxy) is 1. The standard InChI is InChI=1S/C15H21ClN2O2.ClH/c1-17-10-14(19)18-11-15(6-8-20-9-7-15)12-4-2-3-5-13(12)16;/h2-5,17H,6-11H2,1H3,(H,18,19);1H. The van der Waals surface area contributed by atoms with Gasteiger partial charge in [0.05, 0.1) is 6.54 Å². The number of rotatable bonds is 5. The number of halogens is 2. The van der Waals surface area contributed by atoms with Gasteiger partial charge in [-0.25, -0.2) is 0 Å². The number of likely N-dealkylation sites (N-methyl/N-ethyl adjacent to an activating group) is 1. The van der Waals surface area contributed by atoms with Crippen LogP contribution in [0.1, 0.15) is 18.4 Å². The first-order valence-corrected chi connectivity index (χ1v) is 7.30. The van der Waals surface area contributed by atoms with Crippen LogP contribution in [0, 0.1) is 0 Å². The third-order valence-corrected chi connectivity index (χ3v) is 4.19. The van der Waals surface area contributed by atoms with E-state index in [0.717, 1.165) is 23.4 Å². The van der Waals surface area contributed by atoms with Gasteiger partial charge in [0.2, 0.25) is 5.91 Å². The van der Waals surface area contributed by atoms with Crippen molar-refractivity contribution in [3.8, 4) is 0 Å². The summed E-state index contributed by atoms with van der Waals surface area (Å²) in [6.45, 7) is 2.33. The quantitative estimate of drug-likeness (QED) is 0.868. The molecule has 0 radical (unpaired) electrons. The maximum absolute atomic E-state index is 11.7. The van der Waals surface area contributed by atoms with Crippen LogP contribution in [0.3, 0.4) is 0 Å². The highest BCUT2D eigenvalue weighted by Crippen LogP contribution is 2.38. The second-order valence-electron chi connectivity index (χ2n) is 5.18. The second kappa shape index (κ2) is 8.59. The second-order valence-corrected chi connectivity index (χ2v) is 5.59. The predicted octanol–water partition coefficient (Wildman–Crippen LogP) is 2.15. The lowest BCUT2D eigenvalue weighted by Gasteiger charge is -2.38. The van der Waals surface area contributed by atoms with Gasteiger partial charge < -0.3 is 15.4 Å². The average molecular weight is 333 g/mol. The molecule has 0 aliphatic carbocycles. The molecule has 1 aliphatic heterocycles. The molecule has 6 heteroatoms. The van der Waals surface area contributed by atoms with Crippen molar-refractivity contribution in [3.63, 3.8) is 0 Å². The number of carbonyl (C=O) groups is 1. The zero-order valence-corrected chi connectivity index (χ0v) is 13.7. The molecule has 1 saturated heterocycles. The van der Waals surface area contributed by atoms with Crippen LogP contribution in [0.4, 0.5) is 0 Å². The van der Waals surface area contributed by atoms with Crippen LogP contribution in [0.5, 0.6) is 0 Å². The van der Waals surface area contributed by atoms with Crippen molar-refractivity contribution in [2.45, 2.75) is 18.3 Å². The summed E-state index contributed by atoms with van der Waals surface area (Å²) in [4.78, 5) is 11.7. The normalized spacial score (nSPS) is 16.9. The summed E-state index contributed by atoms with van der Waals surface area (Å²) in [5, 5.41) is 6.62. The molecule has 1 aromatic carbocycles. The van der Waals surface area contributed by atoms with Crippen LogP contribution in [-0.4, -0.2) is 39.3 Å². The molecule has 0 unspecified atom stereocenters. The van der Waals surface area contributed by atoms with Crippen molar-refractivity contribution in [2.75, 3.05) is 33.4 Å². The summed E-state index contributed by atoms with van der Waals surface area (Å²) in [7, 11) is 1.76. The van der Waals surface area contributed by atoms with E-state index in [4.69, 9.17) is 16.3 Å². The largest absolute Gasteiger partial charge is 0.381 e. The van der Waals surface area contributed by atoms with Crippen LogP contribution >= 0.6 is 24.0 Å². The Hall–Kier alpha value is -0.810. The summed E-state index contributed by atoms with van der Waals surface area (Å²) >= 11 is 6.36. The summed E-state index contributed by atoms with van der Waals surface area (Å²) in [6, 6.07) is 7.88. The Balaban J connectivity index is 0.00000220. The molecule has 0 saturated carbocycles. The fourth-order valence-corrected chi connectivity index (χ4v) is 3.02. The molecule has 1 aromatic rings. The molecule has 2 rings (SSSR count). The Morgan fingerprint density at radius 2 is 2.00 bits per heavy atom. The predicted molar refractivity (Wildman–Crippen MR) is 87.4 cm³/mol. The molecule has 1 heterocycles. The SMILES string of the molecule is CNCC(=O)NCC1(c2ccccc2Cl)CCOCC1.Cl. The molecule has 2 N–H and O–H groups in total. The Morgan fingerprint density at radius 3 is 2.62 bits per heavy atom. The molecule has 1 amide bonds. The van der Waals surface area contributed by atoms with Crippen molar-refractivity contribution in [3.05, 3.63) is 34.9 Å². The number of carbonyl (C=O) groups excluding carboxylic acids is 1. The Labute approximate surface area is 137 Å². The first kappa shape index (κ1) is 18.2. The smallest absolute Gasteiger partial charge is 0.233 e. The molecule has 1 fully saturated rings. The third kappa shape index (κ3) is 4.58. The molecule has 0 atom stereocenters. The molecular formula is C15H22Cl2N2O2. The van der Waals surface area contributed by atoms with Gasteiger partial charge in [0, 0.05) is 30.2 Å². The van der Waals surface area contributed by atoms with Gasteiger partial charge >= 0.3 is 0 Å². The molecule has 118 valence electrons. The lowest BCUT2D eigenvalue weighted by Crippen LogP contribution is -2.46. The zero-order chi connectivity index (χ0) is 14.4. The van der Waals surface area contributed by atoms with E-state index in [1.165, 1.54) is 0 Å². The first-order chi connectivity index (χ1) is 9.68. The molecular weight excluding hydrogens is 311 g/mol. The topological polar surface area (TPSA) is 50.4 Å². The molecule has 21 heavy (non-hydrogen) atoms. The van der Waals surface area contributed by atoms with E-state index < -0.39 is 0 Å². The van der Waals surface area contributed by atoms with Crippen LogP contribution in [0.25, 0.3) is 0 Å². The number of hydrogen-bond acceptors (Lipinski definition) is 3. The maximum atomic E-state index is 11.7. The number of nitrogens with one attached hydrogen (secondary N) is 2. The Kier molecular flexibility index (Phi) is 7.46. The minimum atomic E-state index is -0.125. The Morgan fingerprint density at radius 1 is 1.33 bits per heavy atom. The van der Waals surface area contributed by atoms with Gasteiger partial charge in [0.25, 0.3) is 0 Å². The summed E-state index contributed by atoms with van der Waals surface area (Å²) in [5.74, 6) is 0.00502.